The number of aromatic amines is 1. The van der Waals surface area contributed by atoms with Crippen LogP contribution in [-0.4, -0.2) is 19.4 Å². The van der Waals surface area contributed by atoms with Crippen molar-refractivity contribution in [2.45, 2.75) is 78.6 Å². The van der Waals surface area contributed by atoms with Crippen LogP contribution in [0.4, 0.5) is 0 Å². The topological polar surface area (TPSA) is 46.0 Å². The summed E-state index contributed by atoms with van der Waals surface area (Å²) in [6, 6.07) is 36.2. The Labute approximate surface area is 292 Å². The van der Waals surface area contributed by atoms with E-state index in [9.17, 15) is 0 Å². The Morgan fingerprint density at radius 2 is 1.02 bits per heavy atom. The fraction of sp³-hybridized carbons (Fsp3) is 0.261. The van der Waals surface area contributed by atoms with Crippen molar-refractivity contribution in [2.24, 2.45) is 0 Å². The van der Waals surface area contributed by atoms with Gasteiger partial charge in [0, 0.05) is 32.3 Å². The lowest BCUT2D eigenvalue weighted by atomic mass is 9.84. The van der Waals surface area contributed by atoms with Crippen LogP contribution in [0.2, 0.25) is 0 Å². The second-order valence-electron chi connectivity index (χ2n) is 17.4. The van der Waals surface area contributed by atoms with Gasteiger partial charge < -0.3 is 4.98 Å². The highest BCUT2D eigenvalue weighted by atomic mass is 15.0. The molecule has 0 amide bonds. The monoisotopic (exact) mass is 652 g/mol. The first kappa shape index (κ1) is 30.8. The Kier molecular flexibility index (Phi) is 6.26. The van der Waals surface area contributed by atoms with Gasteiger partial charge in [-0.2, -0.15) is 0 Å². The Morgan fingerprint density at radius 1 is 0.440 bits per heavy atom. The number of hydrogen-bond acceptors (Lipinski definition) is 2. The summed E-state index contributed by atoms with van der Waals surface area (Å²) in [7, 11) is 0. The molecule has 9 rings (SSSR count). The number of nitrogens with one attached hydrogen (secondary N) is 1. The molecule has 4 aromatic carbocycles. The lowest BCUT2D eigenvalue weighted by Gasteiger charge is -2.21. The zero-order chi connectivity index (χ0) is 34.9. The van der Waals surface area contributed by atoms with E-state index in [1.807, 2.05) is 0 Å². The average molecular weight is 653 g/mol. The molecule has 0 aliphatic heterocycles. The van der Waals surface area contributed by atoms with E-state index >= 15 is 0 Å². The highest BCUT2D eigenvalue weighted by molar-refractivity contribution is 6.22. The summed E-state index contributed by atoms with van der Waals surface area (Å²) in [5.41, 5.74) is 11.8. The maximum absolute atomic E-state index is 5.43. The second-order valence-corrected chi connectivity index (χ2v) is 17.4. The standard InChI is InChI=1S/C46H44N4/c1-44(2,3)27-20-32-26-17-18-31-30-13-10-11-16-39(30)50(40(31)19-26)41-25-29(46(7,8)9)24-38(48-41)37-15-12-14-36(47-37)35-23-28(45(4,5)6)22-34-33(21-27)42(32)49-43(34)35/h10-25,49H,1-9H3. The highest BCUT2D eigenvalue weighted by Crippen LogP contribution is 2.41. The molecule has 0 fully saturated rings. The van der Waals surface area contributed by atoms with Gasteiger partial charge in [0.15, 0.2) is 0 Å². The van der Waals surface area contributed by atoms with Crippen molar-refractivity contribution in [1.82, 2.24) is 19.4 Å². The maximum Gasteiger partial charge on any atom is 0.138 e. The number of rotatable bonds is 0. The zero-order valence-electron chi connectivity index (χ0n) is 30.6. The molecule has 0 aliphatic carbocycles. The highest BCUT2D eigenvalue weighted by Gasteiger charge is 2.22. The molecule has 8 bridgehead atoms. The molecule has 0 saturated heterocycles. The van der Waals surface area contributed by atoms with Crippen LogP contribution in [0, 0.1) is 0 Å². The number of para-hydroxylation sites is 1. The van der Waals surface area contributed by atoms with E-state index in [1.165, 1.54) is 49.0 Å². The molecule has 0 aliphatic rings. The molecule has 248 valence electrons. The van der Waals surface area contributed by atoms with Crippen molar-refractivity contribution in [3.05, 3.63) is 114 Å². The normalized spacial score (nSPS) is 13.3. The maximum atomic E-state index is 5.43. The van der Waals surface area contributed by atoms with Gasteiger partial charge in [0.25, 0.3) is 0 Å². The van der Waals surface area contributed by atoms with Crippen LogP contribution in [0.3, 0.4) is 0 Å². The second kappa shape index (κ2) is 10.2. The Hall–Kier alpha value is -5.22. The fourth-order valence-electron chi connectivity index (χ4n) is 7.71. The number of H-pyrrole nitrogens is 1. The van der Waals surface area contributed by atoms with Crippen molar-refractivity contribution in [1.29, 1.82) is 0 Å². The van der Waals surface area contributed by atoms with E-state index in [1.54, 1.807) is 0 Å². The van der Waals surface area contributed by atoms with Crippen LogP contribution in [-0.2, 0) is 16.2 Å². The molecule has 9 aromatic rings. The largest absolute Gasteiger partial charge is 0.353 e. The molecule has 4 nitrogen and oxygen atoms in total. The van der Waals surface area contributed by atoms with E-state index in [0.29, 0.717) is 0 Å². The van der Waals surface area contributed by atoms with Gasteiger partial charge in [-0.25, -0.2) is 9.97 Å². The molecule has 0 radical (unpaired) electrons. The van der Waals surface area contributed by atoms with Crippen LogP contribution in [0.15, 0.2) is 97.1 Å². The number of nitrogens with zero attached hydrogens (tertiary/aromatic N) is 3. The summed E-state index contributed by atoms with van der Waals surface area (Å²) in [5.74, 6) is 0. The Morgan fingerprint density at radius 3 is 1.72 bits per heavy atom. The van der Waals surface area contributed by atoms with Gasteiger partial charge in [-0.1, -0.05) is 98.7 Å². The smallest absolute Gasteiger partial charge is 0.138 e. The number of benzene rings is 4. The molecular weight excluding hydrogens is 609 g/mol. The van der Waals surface area contributed by atoms with E-state index in [-0.39, 0.29) is 16.2 Å². The summed E-state index contributed by atoms with van der Waals surface area (Å²) >= 11 is 0. The molecule has 50 heavy (non-hydrogen) atoms. The molecule has 5 heterocycles. The van der Waals surface area contributed by atoms with Crippen molar-refractivity contribution in [3.63, 3.8) is 0 Å². The number of pyridine rings is 2. The first-order valence-corrected chi connectivity index (χ1v) is 17.8. The third kappa shape index (κ3) is 4.65. The van der Waals surface area contributed by atoms with Crippen LogP contribution in [0.25, 0.3) is 82.0 Å². The quantitative estimate of drug-likeness (QED) is 0.177. The first-order valence-electron chi connectivity index (χ1n) is 17.8. The van der Waals surface area contributed by atoms with Gasteiger partial charge in [-0.3, -0.25) is 4.40 Å². The molecular formula is C46H44N4. The number of hydrogen-bond donors (Lipinski definition) is 1. The molecule has 0 spiro atoms. The van der Waals surface area contributed by atoms with Crippen LogP contribution in [0.1, 0.15) is 79.0 Å². The molecule has 0 saturated carbocycles. The predicted molar refractivity (Wildman–Crippen MR) is 215 cm³/mol. The number of fused-ring (bicyclic) bond motifs is 13. The SMILES string of the molecule is CC(C)(C)c1cc2c3ccc4c5ccccc5n(c5cc(C(C)(C)C)cc(n5)c5cccc(n5)c5cc(C(C)(C)C)cc6c(c1)c2[nH]c56)c4c3. The Balaban J connectivity index is 1.65. The molecule has 0 atom stereocenters. The van der Waals surface area contributed by atoms with Crippen molar-refractivity contribution < 1.29 is 0 Å². The predicted octanol–water partition coefficient (Wildman–Crippen LogP) is 12.6. The molecule has 1 N–H and O–H groups in total. The van der Waals surface area contributed by atoms with Gasteiger partial charge in [-0.05, 0) is 99.0 Å². The minimum absolute atomic E-state index is 0.0412. The third-order valence-electron chi connectivity index (χ3n) is 10.7. The summed E-state index contributed by atoms with van der Waals surface area (Å²) in [6.07, 6.45) is 0. The van der Waals surface area contributed by atoms with E-state index < -0.39 is 0 Å². The molecule has 0 unspecified atom stereocenters. The minimum atomic E-state index is -0.0938. The summed E-state index contributed by atoms with van der Waals surface area (Å²) in [4.78, 5) is 14.8. The van der Waals surface area contributed by atoms with Gasteiger partial charge in [0.1, 0.15) is 5.65 Å². The van der Waals surface area contributed by atoms with Crippen LogP contribution >= 0.6 is 0 Å². The average Bonchev–Trinajstić information content (AvgIpc) is 3.61. The van der Waals surface area contributed by atoms with Gasteiger partial charge in [0.2, 0.25) is 0 Å². The lowest BCUT2D eigenvalue weighted by Crippen LogP contribution is -2.11. The zero-order valence-corrected chi connectivity index (χ0v) is 30.6. The lowest BCUT2D eigenvalue weighted by molar-refractivity contribution is 0.591. The Bertz CT molecular complexity index is 2920. The summed E-state index contributed by atoms with van der Waals surface area (Å²) < 4.78 is 2.36. The van der Waals surface area contributed by atoms with Gasteiger partial charge >= 0.3 is 0 Å². The molecule has 5 aromatic heterocycles. The van der Waals surface area contributed by atoms with Gasteiger partial charge in [0.05, 0.1) is 38.6 Å². The van der Waals surface area contributed by atoms with Gasteiger partial charge in [-0.15, -0.1) is 0 Å². The van der Waals surface area contributed by atoms with E-state index in [2.05, 4.69) is 169 Å². The van der Waals surface area contributed by atoms with Crippen molar-refractivity contribution in [3.8, 4) is 0 Å². The fourth-order valence-corrected chi connectivity index (χ4v) is 7.71. The van der Waals surface area contributed by atoms with E-state index in [0.717, 1.165) is 49.7 Å². The third-order valence-corrected chi connectivity index (χ3v) is 10.7. The van der Waals surface area contributed by atoms with Crippen LogP contribution < -0.4 is 0 Å². The first-order chi connectivity index (χ1) is 23.6. The summed E-state index contributed by atoms with van der Waals surface area (Å²) in [5, 5.41) is 8.43. The van der Waals surface area contributed by atoms with Crippen LogP contribution in [0.5, 0.6) is 0 Å². The molecule has 4 heteroatoms. The van der Waals surface area contributed by atoms with Crippen molar-refractivity contribution in [2.75, 3.05) is 0 Å². The summed E-state index contributed by atoms with van der Waals surface area (Å²) in [6.45, 7) is 20.7. The van der Waals surface area contributed by atoms with Crippen molar-refractivity contribution >= 4 is 82.0 Å². The van der Waals surface area contributed by atoms with E-state index in [4.69, 9.17) is 9.97 Å². The minimum Gasteiger partial charge on any atom is -0.353 e. The number of aromatic nitrogens is 4.